The summed E-state index contributed by atoms with van der Waals surface area (Å²) in [6.07, 6.45) is 5.34. The van der Waals surface area contributed by atoms with Gasteiger partial charge < -0.3 is 4.90 Å². The molecule has 3 nitrogen and oxygen atoms in total. The summed E-state index contributed by atoms with van der Waals surface area (Å²) in [5.41, 5.74) is 0. The first kappa shape index (κ1) is 14.0. The van der Waals surface area contributed by atoms with Gasteiger partial charge in [0.25, 0.3) is 0 Å². The van der Waals surface area contributed by atoms with Gasteiger partial charge in [-0.25, -0.2) is 0 Å². The zero-order valence-electron chi connectivity index (χ0n) is 12.0. The molecule has 2 saturated heterocycles. The Balaban J connectivity index is 1.66. The topological polar surface area (TPSA) is 23.6 Å². The number of carbonyl (C=O) groups excluding carboxylic acids is 1. The standard InChI is InChI=1S/C15H28N2O/c1-13(2)15(18)12-17-9-5-14(6-10-17)11-16-7-3-4-8-16/h13-14H,3-12H2,1-2H3. The molecule has 0 bridgehead atoms. The zero-order valence-corrected chi connectivity index (χ0v) is 12.0. The summed E-state index contributed by atoms with van der Waals surface area (Å²) >= 11 is 0. The zero-order chi connectivity index (χ0) is 13.0. The summed E-state index contributed by atoms with van der Waals surface area (Å²) in [7, 11) is 0. The largest absolute Gasteiger partial charge is 0.303 e. The average Bonchev–Trinajstić information content (AvgIpc) is 2.84. The van der Waals surface area contributed by atoms with Gasteiger partial charge in [0, 0.05) is 12.5 Å². The highest BCUT2D eigenvalue weighted by Crippen LogP contribution is 2.20. The highest BCUT2D eigenvalue weighted by Gasteiger charge is 2.24. The fraction of sp³-hybridized carbons (Fsp3) is 0.933. The van der Waals surface area contributed by atoms with Crippen molar-refractivity contribution in [3.8, 4) is 0 Å². The Labute approximate surface area is 112 Å². The lowest BCUT2D eigenvalue weighted by Crippen LogP contribution is -2.41. The van der Waals surface area contributed by atoms with E-state index >= 15 is 0 Å². The average molecular weight is 252 g/mol. The molecule has 2 heterocycles. The molecular weight excluding hydrogens is 224 g/mol. The van der Waals surface area contributed by atoms with Gasteiger partial charge in [-0.1, -0.05) is 13.8 Å². The van der Waals surface area contributed by atoms with Gasteiger partial charge in [0.05, 0.1) is 6.54 Å². The Morgan fingerprint density at radius 3 is 2.22 bits per heavy atom. The van der Waals surface area contributed by atoms with Crippen LogP contribution in [-0.4, -0.2) is 54.9 Å². The number of likely N-dealkylation sites (tertiary alicyclic amines) is 2. The van der Waals surface area contributed by atoms with Crippen LogP contribution < -0.4 is 0 Å². The van der Waals surface area contributed by atoms with E-state index in [1.54, 1.807) is 0 Å². The highest BCUT2D eigenvalue weighted by atomic mass is 16.1. The van der Waals surface area contributed by atoms with Gasteiger partial charge in [0.1, 0.15) is 5.78 Å². The molecule has 2 aliphatic heterocycles. The maximum Gasteiger partial charge on any atom is 0.149 e. The van der Waals surface area contributed by atoms with Crippen molar-refractivity contribution in [1.82, 2.24) is 9.80 Å². The fourth-order valence-electron chi connectivity index (χ4n) is 3.06. The first-order chi connectivity index (χ1) is 8.65. The van der Waals surface area contributed by atoms with Gasteiger partial charge in [-0.05, 0) is 57.8 Å². The van der Waals surface area contributed by atoms with Crippen molar-refractivity contribution in [3.63, 3.8) is 0 Å². The van der Waals surface area contributed by atoms with Gasteiger partial charge in [-0.15, -0.1) is 0 Å². The molecule has 104 valence electrons. The summed E-state index contributed by atoms with van der Waals surface area (Å²) in [5.74, 6) is 1.45. The third-order valence-corrected chi connectivity index (χ3v) is 4.45. The fourth-order valence-corrected chi connectivity index (χ4v) is 3.06. The van der Waals surface area contributed by atoms with E-state index in [1.165, 1.54) is 45.3 Å². The Bertz CT molecular complexity index is 264. The minimum absolute atomic E-state index is 0.187. The normalized spacial score (nSPS) is 23.9. The second kappa shape index (κ2) is 6.67. The number of hydrogen-bond acceptors (Lipinski definition) is 3. The van der Waals surface area contributed by atoms with E-state index < -0.39 is 0 Å². The molecule has 0 aromatic carbocycles. The molecule has 0 radical (unpaired) electrons. The van der Waals surface area contributed by atoms with Crippen LogP contribution in [0.2, 0.25) is 0 Å². The van der Waals surface area contributed by atoms with Crippen molar-refractivity contribution in [2.45, 2.75) is 39.5 Å². The van der Waals surface area contributed by atoms with E-state index in [0.717, 1.165) is 19.0 Å². The minimum Gasteiger partial charge on any atom is -0.303 e. The van der Waals surface area contributed by atoms with Crippen LogP contribution in [0.3, 0.4) is 0 Å². The molecule has 0 amide bonds. The monoisotopic (exact) mass is 252 g/mol. The van der Waals surface area contributed by atoms with Crippen LogP contribution in [0.25, 0.3) is 0 Å². The Morgan fingerprint density at radius 2 is 1.67 bits per heavy atom. The molecule has 2 fully saturated rings. The van der Waals surface area contributed by atoms with Crippen LogP contribution in [0.4, 0.5) is 0 Å². The van der Waals surface area contributed by atoms with Crippen LogP contribution in [0, 0.1) is 11.8 Å². The third-order valence-electron chi connectivity index (χ3n) is 4.45. The molecule has 3 heteroatoms. The maximum atomic E-state index is 11.7. The molecule has 0 aromatic heterocycles. The van der Waals surface area contributed by atoms with Crippen LogP contribution >= 0.6 is 0 Å². The molecule has 0 unspecified atom stereocenters. The molecule has 0 aliphatic carbocycles. The first-order valence-electron chi connectivity index (χ1n) is 7.62. The van der Waals surface area contributed by atoms with Crippen molar-refractivity contribution in [1.29, 1.82) is 0 Å². The molecular formula is C15H28N2O. The smallest absolute Gasteiger partial charge is 0.149 e. The van der Waals surface area contributed by atoms with Gasteiger partial charge in [-0.2, -0.15) is 0 Å². The number of nitrogens with zero attached hydrogens (tertiary/aromatic N) is 2. The van der Waals surface area contributed by atoms with E-state index in [2.05, 4.69) is 9.80 Å². The van der Waals surface area contributed by atoms with Gasteiger partial charge in [0.15, 0.2) is 0 Å². The Hall–Kier alpha value is -0.410. The van der Waals surface area contributed by atoms with E-state index in [0.29, 0.717) is 12.3 Å². The number of ketones is 1. The molecule has 0 aromatic rings. The molecule has 2 rings (SSSR count). The van der Waals surface area contributed by atoms with Crippen LogP contribution in [0.1, 0.15) is 39.5 Å². The van der Waals surface area contributed by atoms with Crippen molar-refractivity contribution in [2.75, 3.05) is 39.3 Å². The number of carbonyl (C=O) groups is 1. The minimum atomic E-state index is 0.187. The lowest BCUT2D eigenvalue weighted by Gasteiger charge is -2.33. The highest BCUT2D eigenvalue weighted by molar-refractivity contribution is 5.82. The Kier molecular flexibility index (Phi) is 5.19. The molecule has 0 saturated carbocycles. The van der Waals surface area contributed by atoms with Gasteiger partial charge in [0.2, 0.25) is 0 Å². The van der Waals surface area contributed by atoms with E-state index in [1.807, 2.05) is 13.8 Å². The second-order valence-corrected chi connectivity index (χ2v) is 6.35. The summed E-state index contributed by atoms with van der Waals surface area (Å²) in [6, 6.07) is 0. The number of hydrogen-bond donors (Lipinski definition) is 0. The number of rotatable bonds is 5. The molecule has 0 N–H and O–H groups in total. The predicted molar refractivity (Wildman–Crippen MR) is 74.7 cm³/mol. The summed E-state index contributed by atoms with van der Waals surface area (Å²) in [5, 5.41) is 0. The van der Waals surface area contributed by atoms with Gasteiger partial charge >= 0.3 is 0 Å². The van der Waals surface area contributed by atoms with Crippen molar-refractivity contribution in [3.05, 3.63) is 0 Å². The second-order valence-electron chi connectivity index (χ2n) is 6.35. The third kappa shape index (κ3) is 4.06. The lowest BCUT2D eigenvalue weighted by molar-refractivity contribution is -0.123. The van der Waals surface area contributed by atoms with E-state index in [9.17, 15) is 4.79 Å². The molecule has 18 heavy (non-hydrogen) atoms. The Morgan fingerprint density at radius 1 is 1.06 bits per heavy atom. The maximum absolute atomic E-state index is 11.7. The quantitative estimate of drug-likeness (QED) is 0.748. The summed E-state index contributed by atoms with van der Waals surface area (Å²) in [6.45, 7) is 10.8. The first-order valence-corrected chi connectivity index (χ1v) is 7.62. The van der Waals surface area contributed by atoms with E-state index in [4.69, 9.17) is 0 Å². The number of Topliss-reactive ketones (excluding diaryl/α,β-unsaturated/α-hetero) is 1. The number of piperidine rings is 1. The molecule has 0 atom stereocenters. The lowest BCUT2D eigenvalue weighted by atomic mass is 9.95. The van der Waals surface area contributed by atoms with Crippen molar-refractivity contribution in [2.24, 2.45) is 11.8 Å². The van der Waals surface area contributed by atoms with Crippen LogP contribution in [0.5, 0.6) is 0 Å². The van der Waals surface area contributed by atoms with Gasteiger partial charge in [-0.3, -0.25) is 9.69 Å². The summed E-state index contributed by atoms with van der Waals surface area (Å²) < 4.78 is 0. The van der Waals surface area contributed by atoms with E-state index in [-0.39, 0.29) is 5.92 Å². The van der Waals surface area contributed by atoms with Crippen molar-refractivity contribution >= 4 is 5.78 Å². The molecule has 2 aliphatic rings. The summed E-state index contributed by atoms with van der Waals surface area (Å²) in [4.78, 5) is 16.7. The predicted octanol–water partition coefficient (Wildman–Crippen LogP) is 2.02. The SMILES string of the molecule is CC(C)C(=O)CN1CCC(CN2CCCC2)CC1. The van der Waals surface area contributed by atoms with Crippen molar-refractivity contribution < 1.29 is 4.79 Å². The molecule has 0 spiro atoms. The van der Waals surface area contributed by atoms with Crippen LogP contribution in [-0.2, 0) is 4.79 Å². The van der Waals surface area contributed by atoms with Crippen LogP contribution in [0.15, 0.2) is 0 Å².